The van der Waals surface area contributed by atoms with E-state index < -0.39 is 30.1 Å². The zero-order valence-electron chi connectivity index (χ0n) is 16.7. The molecule has 5 atom stereocenters. The van der Waals surface area contributed by atoms with Crippen molar-refractivity contribution in [2.24, 2.45) is 0 Å². The Kier molecular flexibility index (Phi) is 6.10. The zero-order valence-corrected chi connectivity index (χ0v) is 18.2. The molecule has 3 heterocycles. The van der Waals surface area contributed by atoms with E-state index >= 15 is 0 Å². The molecular weight excluding hydrogens is 447 g/mol. The van der Waals surface area contributed by atoms with Crippen molar-refractivity contribution < 1.29 is 24.9 Å². The van der Waals surface area contributed by atoms with Crippen LogP contribution >= 0.6 is 23.2 Å². The number of aliphatic hydroxyl groups is 3. The summed E-state index contributed by atoms with van der Waals surface area (Å²) in [7, 11) is 0. The number of nitrogens with one attached hydrogen (secondary N) is 1. The van der Waals surface area contributed by atoms with Crippen LogP contribution in [0.3, 0.4) is 0 Å². The molecule has 0 saturated carbocycles. The van der Waals surface area contributed by atoms with Crippen molar-refractivity contribution in [1.82, 2.24) is 14.5 Å². The van der Waals surface area contributed by atoms with E-state index in [4.69, 9.17) is 32.8 Å². The highest BCUT2D eigenvalue weighted by molar-refractivity contribution is 6.42. The number of halogens is 2. The van der Waals surface area contributed by atoms with Gasteiger partial charge in [0.15, 0.2) is 12.0 Å². The van der Waals surface area contributed by atoms with Crippen LogP contribution in [0.25, 0.3) is 11.0 Å². The average molecular weight is 469 g/mol. The summed E-state index contributed by atoms with van der Waals surface area (Å²) in [6, 6.07) is 6.38. The van der Waals surface area contributed by atoms with Gasteiger partial charge in [0, 0.05) is 6.20 Å². The summed E-state index contributed by atoms with van der Waals surface area (Å²) in [5, 5.41) is 33.9. The Bertz CT molecular complexity index is 1090. The van der Waals surface area contributed by atoms with Gasteiger partial charge in [-0.25, -0.2) is 15.4 Å². The molecule has 1 unspecified atom stereocenters. The maximum atomic E-state index is 11.2. The van der Waals surface area contributed by atoms with Gasteiger partial charge in [-0.15, -0.1) is 0 Å². The van der Waals surface area contributed by atoms with Gasteiger partial charge in [-0.1, -0.05) is 29.3 Å². The van der Waals surface area contributed by atoms with Crippen molar-refractivity contribution >= 4 is 40.1 Å². The SMILES string of the molecule is CCONc1ncnc2c1ccn2[C@@H]1O[C@H](C(C)(O)c2ccc(Cl)c(Cl)c2)[C@@H](O)[C@H]1O. The molecule has 0 spiro atoms. The fourth-order valence-corrected chi connectivity index (χ4v) is 4.03. The number of nitrogens with zero attached hydrogens (tertiary/aromatic N) is 3. The van der Waals surface area contributed by atoms with Crippen molar-refractivity contribution in [3.05, 3.63) is 52.4 Å². The van der Waals surface area contributed by atoms with Crippen LogP contribution in [0.15, 0.2) is 36.8 Å². The second-order valence-electron chi connectivity index (χ2n) is 7.42. The van der Waals surface area contributed by atoms with Crippen LogP contribution in [0.1, 0.15) is 25.6 Å². The third kappa shape index (κ3) is 3.87. The van der Waals surface area contributed by atoms with Gasteiger partial charge in [0.2, 0.25) is 0 Å². The quantitative estimate of drug-likeness (QED) is 0.407. The van der Waals surface area contributed by atoms with Crippen molar-refractivity contribution in [3.63, 3.8) is 0 Å². The van der Waals surface area contributed by atoms with Gasteiger partial charge in [0.05, 0.1) is 22.0 Å². The first-order chi connectivity index (χ1) is 14.8. The number of rotatable bonds is 6. The maximum Gasteiger partial charge on any atom is 0.164 e. The number of anilines is 1. The number of benzene rings is 1. The van der Waals surface area contributed by atoms with Gasteiger partial charge in [-0.05, 0) is 37.6 Å². The standard InChI is InChI=1S/C20H22Cl2N4O5/c1-3-30-25-17-11-6-7-26(18(11)24-9-23-17)19-15(28)14(27)16(31-19)20(2,29)10-4-5-12(21)13(22)8-10/h4-9,14-16,19,27-29H,3H2,1-2H3,(H,23,24,25)/t14-,15+,16-,19+,20?/m0/s1. The molecule has 0 amide bonds. The van der Waals surface area contributed by atoms with E-state index in [2.05, 4.69) is 15.4 Å². The molecular formula is C20H22Cl2N4O5. The minimum atomic E-state index is -1.66. The first-order valence-corrected chi connectivity index (χ1v) is 10.4. The van der Waals surface area contributed by atoms with E-state index in [1.807, 2.05) is 6.92 Å². The lowest BCUT2D eigenvalue weighted by atomic mass is 9.87. The Morgan fingerprint density at radius 3 is 2.68 bits per heavy atom. The summed E-state index contributed by atoms with van der Waals surface area (Å²) < 4.78 is 7.55. The predicted molar refractivity (Wildman–Crippen MR) is 115 cm³/mol. The highest BCUT2D eigenvalue weighted by atomic mass is 35.5. The van der Waals surface area contributed by atoms with Crippen LogP contribution in [0.4, 0.5) is 5.82 Å². The minimum Gasteiger partial charge on any atom is -0.387 e. The van der Waals surface area contributed by atoms with Gasteiger partial charge in [0.25, 0.3) is 0 Å². The third-order valence-corrected chi connectivity index (χ3v) is 6.13. The molecule has 1 aliphatic rings. The Morgan fingerprint density at radius 2 is 1.97 bits per heavy atom. The Hall–Kier alpha value is -1.98. The highest BCUT2D eigenvalue weighted by Gasteiger charge is 2.52. The second kappa shape index (κ2) is 8.51. The number of fused-ring (bicyclic) bond motifs is 1. The van der Waals surface area contributed by atoms with E-state index in [9.17, 15) is 15.3 Å². The minimum absolute atomic E-state index is 0.256. The molecule has 1 fully saturated rings. The van der Waals surface area contributed by atoms with Gasteiger partial charge in [-0.2, -0.15) is 0 Å². The molecule has 3 aromatic rings. The molecule has 11 heteroatoms. The first kappa shape index (κ1) is 22.2. The summed E-state index contributed by atoms with van der Waals surface area (Å²) in [6.45, 7) is 3.75. The van der Waals surface area contributed by atoms with E-state index in [0.717, 1.165) is 0 Å². The number of aromatic nitrogens is 3. The Morgan fingerprint density at radius 1 is 1.19 bits per heavy atom. The lowest BCUT2D eigenvalue weighted by Crippen LogP contribution is -2.45. The summed E-state index contributed by atoms with van der Waals surface area (Å²) >= 11 is 12.1. The molecule has 9 nitrogen and oxygen atoms in total. The Labute approximate surface area is 188 Å². The lowest BCUT2D eigenvalue weighted by Gasteiger charge is -2.32. The van der Waals surface area contributed by atoms with Crippen molar-refractivity contribution in [2.45, 2.75) is 44.0 Å². The molecule has 1 saturated heterocycles. The van der Waals surface area contributed by atoms with E-state index in [1.165, 1.54) is 19.3 Å². The van der Waals surface area contributed by atoms with Gasteiger partial charge >= 0.3 is 0 Å². The van der Waals surface area contributed by atoms with Crippen molar-refractivity contribution in [2.75, 3.05) is 12.1 Å². The van der Waals surface area contributed by atoms with E-state index in [0.29, 0.717) is 34.0 Å². The summed E-state index contributed by atoms with van der Waals surface area (Å²) in [6.07, 6.45) is -1.84. The lowest BCUT2D eigenvalue weighted by molar-refractivity contribution is -0.135. The predicted octanol–water partition coefficient (Wildman–Crippen LogP) is 2.63. The second-order valence-corrected chi connectivity index (χ2v) is 8.24. The van der Waals surface area contributed by atoms with Gasteiger partial charge in [-0.3, -0.25) is 4.84 Å². The molecule has 0 aliphatic carbocycles. The topological polar surface area (TPSA) is 122 Å². The summed E-state index contributed by atoms with van der Waals surface area (Å²) in [5.74, 6) is 0.456. The summed E-state index contributed by atoms with van der Waals surface area (Å²) in [5.41, 5.74) is 1.93. The monoisotopic (exact) mass is 468 g/mol. The molecule has 166 valence electrons. The van der Waals surface area contributed by atoms with Crippen LogP contribution in [-0.4, -0.2) is 54.8 Å². The maximum absolute atomic E-state index is 11.2. The molecule has 1 aliphatic heterocycles. The van der Waals surface area contributed by atoms with Gasteiger partial charge < -0.3 is 24.6 Å². The van der Waals surface area contributed by atoms with Crippen molar-refractivity contribution in [1.29, 1.82) is 0 Å². The molecule has 1 aromatic carbocycles. The van der Waals surface area contributed by atoms with Crippen LogP contribution in [0.5, 0.6) is 0 Å². The highest BCUT2D eigenvalue weighted by Crippen LogP contribution is 2.41. The number of hydrogen-bond donors (Lipinski definition) is 4. The summed E-state index contributed by atoms with van der Waals surface area (Å²) in [4.78, 5) is 13.6. The van der Waals surface area contributed by atoms with E-state index in [-0.39, 0.29) is 5.02 Å². The van der Waals surface area contributed by atoms with Crippen LogP contribution in [0, 0.1) is 0 Å². The first-order valence-electron chi connectivity index (χ1n) is 9.64. The fraction of sp³-hybridized carbons (Fsp3) is 0.400. The molecule has 4 N–H and O–H groups in total. The number of hydrogen-bond acceptors (Lipinski definition) is 8. The Balaban J connectivity index is 1.67. The molecule has 2 aromatic heterocycles. The number of ether oxygens (including phenoxy) is 1. The molecule has 4 rings (SSSR count). The normalized spacial score (nSPS) is 25.6. The number of aliphatic hydroxyl groups excluding tert-OH is 2. The van der Waals surface area contributed by atoms with Crippen LogP contribution < -0.4 is 5.48 Å². The zero-order chi connectivity index (χ0) is 22.3. The largest absolute Gasteiger partial charge is 0.387 e. The van der Waals surface area contributed by atoms with Crippen LogP contribution in [0.2, 0.25) is 10.0 Å². The third-order valence-electron chi connectivity index (χ3n) is 5.39. The fourth-order valence-electron chi connectivity index (χ4n) is 3.73. The van der Waals surface area contributed by atoms with Crippen LogP contribution in [-0.2, 0) is 15.2 Å². The molecule has 0 bridgehead atoms. The van der Waals surface area contributed by atoms with Gasteiger partial charge in [0.1, 0.15) is 35.9 Å². The smallest absolute Gasteiger partial charge is 0.164 e. The van der Waals surface area contributed by atoms with Crippen molar-refractivity contribution in [3.8, 4) is 0 Å². The molecule has 0 radical (unpaired) electrons. The average Bonchev–Trinajstić information content (AvgIpc) is 3.30. The molecule has 31 heavy (non-hydrogen) atoms. The van der Waals surface area contributed by atoms with E-state index in [1.54, 1.807) is 29.0 Å².